The van der Waals surface area contributed by atoms with Gasteiger partial charge in [-0.3, -0.25) is 0 Å². The summed E-state index contributed by atoms with van der Waals surface area (Å²) in [4.78, 5) is 0. The van der Waals surface area contributed by atoms with Crippen molar-refractivity contribution >= 4 is 0 Å². The molecule has 96 valence electrons. The molecule has 1 aliphatic carbocycles. The van der Waals surface area contributed by atoms with Crippen LogP contribution < -0.4 is 5.32 Å². The molecule has 1 aromatic carbocycles. The number of hydrogen-bond donors (Lipinski definition) is 1. The highest BCUT2D eigenvalue weighted by Gasteiger charge is 2.12. The SMILES string of the molecule is CC(C#N)CNC(C)c1ccc2c(c1)CCCC2. The Bertz CT molecular complexity index is 445. The molecule has 0 saturated carbocycles. The summed E-state index contributed by atoms with van der Waals surface area (Å²) in [5.41, 5.74) is 4.41. The summed E-state index contributed by atoms with van der Waals surface area (Å²) in [6, 6.07) is 9.46. The van der Waals surface area contributed by atoms with E-state index in [4.69, 9.17) is 5.26 Å². The van der Waals surface area contributed by atoms with Gasteiger partial charge in [0, 0.05) is 12.6 Å². The van der Waals surface area contributed by atoms with Crippen LogP contribution in [0.3, 0.4) is 0 Å². The van der Waals surface area contributed by atoms with Gasteiger partial charge >= 0.3 is 0 Å². The maximum atomic E-state index is 8.79. The van der Waals surface area contributed by atoms with Gasteiger partial charge < -0.3 is 5.32 Å². The van der Waals surface area contributed by atoms with Crippen molar-refractivity contribution in [3.8, 4) is 6.07 Å². The lowest BCUT2D eigenvalue weighted by atomic mass is 9.89. The van der Waals surface area contributed by atoms with Crippen molar-refractivity contribution < 1.29 is 0 Å². The maximum Gasteiger partial charge on any atom is 0.0666 e. The maximum absolute atomic E-state index is 8.79. The summed E-state index contributed by atoms with van der Waals surface area (Å²) in [6.45, 7) is 4.88. The summed E-state index contributed by atoms with van der Waals surface area (Å²) in [7, 11) is 0. The summed E-state index contributed by atoms with van der Waals surface area (Å²) >= 11 is 0. The number of fused-ring (bicyclic) bond motifs is 1. The van der Waals surface area contributed by atoms with Crippen LogP contribution in [0, 0.1) is 17.2 Å². The normalized spacial score (nSPS) is 17.6. The molecule has 0 heterocycles. The minimum Gasteiger partial charge on any atom is -0.309 e. The van der Waals surface area contributed by atoms with Gasteiger partial charge in [0.1, 0.15) is 0 Å². The fraction of sp³-hybridized carbons (Fsp3) is 0.562. The minimum atomic E-state index is 0.0741. The topological polar surface area (TPSA) is 35.8 Å². The van der Waals surface area contributed by atoms with Gasteiger partial charge in [-0.05, 0) is 56.2 Å². The van der Waals surface area contributed by atoms with Gasteiger partial charge in [-0.25, -0.2) is 0 Å². The predicted molar refractivity (Wildman–Crippen MR) is 74.3 cm³/mol. The Balaban J connectivity index is 2.02. The van der Waals surface area contributed by atoms with Crippen LogP contribution in [-0.4, -0.2) is 6.54 Å². The van der Waals surface area contributed by atoms with Crippen LogP contribution in [0.4, 0.5) is 0 Å². The van der Waals surface area contributed by atoms with E-state index in [1.807, 2.05) is 6.92 Å². The van der Waals surface area contributed by atoms with Crippen LogP contribution in [0.1, 0.15) is 49.4 Å². The van der Waals surface area contributed by atoms with E-state index >= 15 is 0 Å². The molecule has 2 unspecified atom stereocenters. The van der Waals surface area contributed by atoms with Crippen molar-refractivity contribution in [2.75, 3.05) is 6.54 Å². The standard InChI is InChI=1S/C16H22N2/c1-12(10-17)11-18-13(2)15-8-7-14-5-3-4-6-16(14)9-15/h7-9,12-13,18H,3-6,11H2,1-2H3. The van der Waals surface area contributed by atoms with Crippen molar-refractivity contribution in [1.82, 2.24) is 5.32 Å². The van der Waals surface area contributed by atoms with E-state index in [0.29, 0.717) is 6.04 Å². The van der Waals surface area contributed by atoms with E-state index in [9.17, 15) is 0 Å². The molecule has 18 heavy (non-hydrogen) atoms. The second-order valence-electron chi connectivity index (χ2n) is 5.40. The molecule has 2 atom stereocenters. The first kappa shape index (κ1) is 13.1. The van der Waals surface area contributed by atoms with E-state index in [2.05, 4.69) is 36.5 Å². The Hall–Kier alpha value is -1.33. The molecular formula is C16H22N2. The number of hydrogen-bond acceptors (Lipinski definition) is 2. The van der Waals surface area contributed by atoms with Gasteiger partial charge in [0.25, 0.3) is 0 Å². The number of nitrogens with one attached hydrogen (secondary N) is 1. The van der Waals surface area contributed by atoms with Crippen LogP contribution in [0.2, 0.25) is 0 Å². The van der Waals surface area contributed by atoms with Gasteiger partial charge in [0.15, 0.2) is 0 Å². The van der Waals surface area contributed by atoms with Gasteiger partial charge in [-0.1, -0.05) is 18.2 Å². The smallest absolute Gasteiger partial charge is 0.0666 e. The molecule has 0 spiro atoms. The van der Waals surface area contributed by atoms with Crippen LogP contribution >= 0.6 is 0 Å². The molecule has 0 saturated heterocycles. The van der Waals surface area contributed by atoms with E-state index in [1.54, 1.807) is 0 Å². The highest BCUT2D eigenvalue weighted by molar-refractivity contribution is 5.35. The molecule has 1 aromatic rings. The van der Waals surface area contributed by atoms with Crippen molar-refractivity contribution in [3.63, 3.8) is 0 Å². The Morgan fingerprint density at radius 3 is 2.67 bits per heavy atom. The fourth-order valence-electron chi connectivity index (χ4n) is 2.54. The molecule has 0 aliphatic heterocycles. The van der Waals surface area contributed by atoms with Crippen molar-refractivity contribution in [2.45, 2.75) is 45.6 Å². The highest BCUT2D eigenvalue weighted by Crippen LogP contribution is 2.24. The molecule has 0 fully saturated rings. The molecule has 0 bridgehead atoms. The van der Waals surface area contributed by atoms with Gasteiger partial charge in [0.2, 0.25) is 0 Å². The average Bonchev–Trinajstić information content (AvgIpc) is 2.43. The molecule has 2 nitrogen and oxygen atoms in total. The second kappa shape index (κ2) is 6.02. The minimum absolute atomic E-state index is 0.0741. The summed E-state index contributed by atoms with van der Waals surface area (Å²) < 4.78 is 0. The zero-order chi connectivity index (χ0) is 13.0. The van der Waals surface area contributed by atoms with Crippen LogP contribution in [-0.2, 0) is 12.8 Å². The van der Waals surface area contributed by atoms with E-state index in [-0.39, 0.29) is 5.92 Å². The molecule has 1 N–H and O–H groups in total. The van der Waals surface area contributed by atoms with E-state index < -0.39 is 0 Å². The molecule has 0 amide bonds. The lowest BCUT2D eigenvalue weighted by molar-refractivity contribution is 0.527. The van der Waals surface area contributed by atoms with Crippen LogP contribution in [0.15, 0.2) is 18.2 Å². The van der Waals surface area contributed by atoms with Crippen molar-refractivity contribution in [1.29, 1.82) is 5.26 Å². The third-order valence-electron chi connectivity index (χ3n) is 3.82. The quantitative estimate of drug-likeness (QED) is 0.878. The Labute approximate surface area is 110 Å². The fourth-order valence-corrected chi connectivity index (χ4v) is 2.54. The molecule has 2 heteroatoms. The van der Waals surface area contributed by atoms with E-state index in [1.165, 1.54) is 42.4 Å². The highest BCUT2D eigenvalue weighted by atomic mass is 14.9. The van der Waals surface area contributed by atoms with Crippen molar-refractivity contribution in [2.24, 2.45) is 5.92 Å². The third-order valence-corrected chi connectivity index (χ3v) is 3.82. The summed E-state index contributed by atoms with van der Waals surface area (Å²) in [5, 5.41) is 12.2. The first-order valence-corrected chi connectivity index (χ1v) is 6.95. The van der Waals surface area contributed by atoms with Gasteiger partial charge in [-0.15, -0.1) is 0 Å². The molecule has 0 radical (unpaired) electrons. The number of benzene rings is 1. The van der Waals surface area contributed by atoms with Gasteiger partial charge in [-0.2, -0.15) is 5.26 Å². The van der Waals surface area contributed by atoms with Crippen molar-refractivity contribution in [3.05, 3.63) is 34.9 Å². The van der Waals surface area contributed by atoms with Crippen LogP contribution in [0.25, 0.3) is 0 Å². The number of aryl methyl sites for hydroxylation is 2. The lowest BCUT2D eigenvalue weighted by Crippen LogP contribution is -2.24. The Morgan fingerprint density at radius 2 is 1.94 bits per heavy atom. The van der Waals surface area contributed by atoms with E-state index in [0.717, 1.165) is 6.54 Å². The summed E-state index contributed by atoms with van der Waals surface area (Å²) in [5.74, 6) is 0.0741. The second-order valence-corrected chi connectivity index (χ2v) is 5.40. The van der Waals surface area contributed by atoms with Crippen LogP contribution in [0.5, 0.6) is 0 Å². The largest absolute Gasteiger partial charge is 0.309 e. The molecule has 0 aromatic heterocycles. The molecule has 2 rings (SSSR count). The number of nitriles is 1. The Morgan fingerprint density at radius 1 is 1.22 bits per heavy atom. The monoisotopic (exact) mass is 242 g/mol. The molecule has 1 aliphatic rings. The predicted octanol–water partition coefficient (Wildman–Crippen LogP) is 3.38. The lowest BCUT2D eigenvalue weighted by Gasteiger charge is -2.20. The number of nitrogens with zero attached hydrogens (tertiary/aromatic N) is 1. The average molecular weight is 242 g/mol. The first-order valence-electron chi connectivity index (χ1n) is 6.95. The summed E-state index contributed by atoms with van der Waals surface area (Å²) in [6.07, 6.45) is 5.12. The first-order chi connectivity index (χ1) is 8.70. The van der Waals surface area contributed by atoms with Gasteiger partial charge in [0.05, 0.1) is 12.0 Å². The number of rotatable bonds is 4. The zero-order valence-corrected chi connectivity index (χ0v) is 11.4. The molecular weight excluding hydrogens is 220 g/mol. The third kappa shape index (κ3) is 3.11. The Kier molecular flexibility index (Phi) is 4.38. The zero-order valence-electron chi connectivity index (χ0n) is 11.4.